The zero-order chi connectivity index (χ0) is 18.5. The number of anilines is 1. The molecule has 3 aromatic carbocycles. The van der Waals surface area contributed by atoms with E-state index in [-0.39, 0.29) is 0 Å². The van der Waals surface area contributed by atoms with Crippen LogP contribution in [0, 0.1) is 13.8 Å². The Morgan fingerprint density at radius 3 is 2.50 bits per heavy atom. The Morgan fingerprint density at radius 1 is 0.962 bits per heavy atom. The fourth-order valence-electron chi connectivity index (χ4n) is 2.69. The Hall–Kier alpha value is -1.97. The van der Waals surface area contributed by atoms with E-state index < -0.39 is 0 Å². The first-order valence-corrected chi connectivity index (χ1v) is 9.65. The molecule has 0 amide bonds. The van der Waals surface area contributed by atoms with Gasteiger partial charge >= 0.3 is 0 Å². The molecule has 0 fully saturated rings. The van der Waals surface area contributed by atoms with Crippen LogP contribution >= 0.6 is 27.5 Å². The van der Waals surface area contributed by atoms with Crippen LogP contribution in [0.3, 0.4) is 0 Å². The van der Waals surface area contributed by atoms with Gasteiger partial charge in [-0.05, 0) is 66.9 Å². The zero-order valence-electron chi connectivity index (χ0n) is 14.9. The summed E-state index contributed by atoms with van der Waals surface area (Å²) in [5.74, 6) is 0.843. The number of benzene rings is 3. The van der Waals surface area contributed by atoms with Gasteiger partial charge in [-0.3, -0.25) is 0 Å². The van der Waals surface area contributed by atoms with Crippen molar-refractivity contribution >= 4 is 33.2 Å². The molecule has 0 unspecified atom stereocenters. The molecule has 4 heteroatoms. The predicted octanol–water partition coefficient (Wildman–Crippen LogP) is 6.91. The summed E-state index contributed by atoms with van der Waals surface area (Å²) < 4.78 is 7.11. The van der Waals surface area contributed by atoms with Gasteiger partial charge in [0.1, 0.15) is 12.4 Å². The SMILES string of the molecule is Cc1ccc(C)c(NCc2cc(Cl)ccc2OCc2ccc(Br)cc2)c1. The van der Waals surface area contributed by atoms with Gasteiger partial charge in [-0.1, -0.05) is 51.8 Å². The fourth-order valence-corrected chi connectivity index (χ4v) is 3.14. The maximum atomic E-state index is 6.20. The number of hydrogen-bond acceptors (Lipinski definition) is 2. The molecule has 0 atom stereocenters. The lowest BCUT2D eigenvalue weighted by molar-refractivity contribution is 0.303. The molecule has 0 radical (unpaired) electrons. The topological polar surface area (TPSA) is 21.3 Å². The van der Waals surface area contributed by atoms with E-state index in [1.165, 1.54) is 11.1 Å². The number of ether oxygens (including phenoxy) is 1. The van der Waals surface area contributed by atoms with Gasteiger partial charge in [0.05, 0.1) is 0 Å². The van der Waals surface area contributed by atoms with Crippen molar-refractivity contribution in [3.63, 3.8) is 0 Å². The molecule has 0 heterocycles. The maximum absolute atomic E-state index is 6.20. The molecule has 0 saturated carbocycles. The minimum Gasteiger partial charge on any atom is -0.489 e. The van der Waals surface area contributed by atoms with Crippen LogP contribution in [0.4, 0.5) is 5.69 Å². The van der Waals surface area contributed by atoms with Crippen molar-refractivity contribution in [1.82, 2.24) is 0 Å². The quantitative estimate of drug-likeness (QED) is 0.458. The summed E-state index contributed by atoms with van der Waals surface area (Å²) in [4.78, 5) is 0. The number of halogens is 2. The largest absolute Gasteiger partial charge is 0.489 e. The Labute approximate surface area is 168 Å². The number of aryl methyl sites for hydroxylation is 2. The van der Waals surface area contributed by atoms with Gasteiger partial charge in [0.25, 0.3) is 0 Å². The molecule has 0 aromatic heterocycles. The first-order valence-electron chi connectivity index (χ1n) is 8.48. The fraction of sp³-hybridized carbons (Fsp3) is 0.182. The predicted molar refractivity (Wildman–Crippen MR) is 113 cm³/mol. The highest BCUT2D eigenvalue weighted by molar-refractivity contribution is 9.10. The molecule has 3 rings (SSSR count). The summed E-state index contributed by atoms with van der Waals surface area (Å²) >= 11 is 9.65. The Bertz CT molecular complexity index is 893. The van der Waals surface area contributed by atoms with Crippen LogP contribution in [0.25, 0.3) is 0 Å². The molecule has 26 heavy (non-hydrogen) atoms. The number of nitrogens with one attached hydrogen (secondary N) is 1. The lowest BCUT2D eigenvalue weighted by atomic mass is 10.1. The Kier molecular flexibility index (Phi) is 6.23. The van der Waals surface area contributed by atoms with Gasteiger partial charge in [-0.2, -0.15) is 0 Å². The summed E-state index contributed by atoms with van der Waals surface area (Å²) in [5.41, 5.74) is 5.74. The summed E-state index contributed by atoms with van der Waals surface area (Å²) in [6.07, 6.45) is 0. The van der Waals surface area contributed by atoms with Gasteiger partial charge < -0.3 is 10.1 Å². The van der Waals surface area contributed by atoms with Crippen LogP contribution in [-0.2, 0) is 13.2 Å². The molecule has 0 aliphatic heterocycles. The highest BCUT2D eigenvalue weighted by Crippen LogP contribution is 2.26. The van der Waals surface area contributed by atoms with Gasteiger partial charge in [-0.15, -0.1) is 0 Å². The molecule has 1 N–H and O–H groups in total. The van der Waals surface area contributed by atoms with E-state index in [4.69, 9.17) is 16.3 Å². The second-order valence-corrected chi connectivity index (χ2v) is 7.69. The Morgan fingerprint density at radius 2 is 1.73 bits per heavy atom. The van der Waals surface area contributed by atoms with Gasteiger partial charge in [0.2, 0.25) is 0 Å². The van der Waals surface area contributed by atoms with Crippen molar-refractivity contribution in [2.45, 2.75) is 27.0 Å². The third kappa shape index (κ3) is 5.03. The van der Waals surface area contributed by atoms with Crippen LogP contribution in [-0.4, -0.2) is 0 Å². The minimum atomic E-state index is 0.519. The molecule has 0 aliphatic carbocycles. The summed E-state index contributed by atoms with van der Waals surface area (Å²) in [6, 6.07) is 20.3. The number of rotatable bonds is 6. The maximum Gasteiger partial charge on any atom is 0.124 e. The lowest BCUT2D eigenvalue weighted by Crippen LogP contribution is -2.05. The van der Waals surface area contributed by atoms with Crippen LogP contribution in [0.1, 0.15) is 22.3 Å². The van der Waals surface area contributed by atoms with Gasteiger partial charge in [0.15, 0.2) is 0 Å². The molecule has 2 nitrogen and oxygen atoms in total. The zero-order valence-corrected chi connectivity index (χ0v) is 17.2. The van der Waals surface area contributed by atoms with Gasteiger partial charge in [-0.25, -0.2) is 0 Å². The standard InChI is InChI=1S/C22H21BrClNO/c1-15-3-4-16(2)21(11-15)25-13-18-12-20(24)9-10-22(18)26-14-17-5-7-19(23)8-6-17/h3-12,25H,13-14H2,1-2H3. The summed E-state index contributed by atoms with van der Waals surface area (Å²) in [5, 5.41) is 4.21. The average molecular weight is 431 g/mol. The molecule has 134 valence electrons. The van der Waals surface area contributed by atoms with E-state index in [1.807, 2.05) is 42.5 Å². The highest BCUT2D eigenvalue weighted by atomic mass is 79.9. The van der Waals surface area contributed by atoms with E-state index in [9.17, 15) is 0 Å². The molecular formula is C22H21BrClNO. The molecule has 3 aromatic rings. The average Bonchev–Trinajstić information content (AvgIpc) is 2.63. The molecule has 0 aliphatic rings. The highest BCUT2D eigenvalue weighted by Gasteiger charge is 2.07. The molecular weight excluding hydrogens is 410 g/mol. The normalized spacial score (nSPS) is 10.6. The van der Waals surface area contributed by atoms with Crippen molar-refractivity contribution in [3.05, 3.63) is 92.4 Å². The van der Waals surface area contributed by atoms with Crippen molar-refractivity contribution in [3.8, 4) is 5.75 Å². The first-order chi connectivity index (χ1) is 12.5. The third-order valence-corrected chi connectivity index (χ3v) is 4.96. The lowest BCUT2D eigenvalue weighted by Gasteiger charge is -2.15. The molecule has 0 bridgehead atoms. The third-order valence-electron chi connectivity index (χ3n) is 4.19. The monoisotopic (exact) mass is 429 g/mol. The summed E-state index contributed by atoms with van der Waals surface area (Å²) in [7, 11) is 0. The number of hydrogen-bond donors (Lipinski definition) is 1. The second kappa shape index (κ2) is 8.61. The van der Waals surface area contributed by atoms with E-state index in [2.05, 4.69) is 53.3 Å². The van der Waals surface area contributed by atoms with Crippen molar-refractivity contribution in [2.24, 2.45) is 0 Å². The van der Waals surface area contributed by atoms with Crippen molar-refractivity contribution in [1.29, 1.82) is 0 Å². The molecule has 0 spiro atoms. The first kappa shape index (κ1) is 18.8. The summed E-state index contributed by atoms with van der Waals surface area (Å²) in [6.45, 7) is 5.37. The van der Waals surface area contributed by atoms with E-state index in [0.29, 0.717) is 18.2 Å². The van der Waals surface area contributed by atoms with Gasteiger partial charge in [0, 0.05) is 27.3 Å². The van der Waals surface area contributed by atoms with E-state index in [0.717, 1.165) is 27.0 Å². The second-order valence-electron chi connectivity index (χ2n) is 6.34. The van der Waals surface area contributed by atoms with E-state index >= 15 is 0 Å². The van der Waals surface area contributed by atoms with E-state index in [1.54, 1.807) is 0 Å². The van der Waals surface area contributed by atoms with Crippen LogP contribution in [0.5, 0.6) is 5.75 Å². The van der Waals surface area contributed by atoms with Crippen LogP contribution < -0.4 is 10.1 Å². The van der Waals surface area contributed by atoms with Crippen molar-refractivity contribution in [2.75, 3.05) is 5.32 Å². The minimum absolute atomic E-state index is 0.519. The molecule has 0 saturated heterocycles. The van der Waals surface area contributed by atoms with Crippen LogP contribution in [0.15, 0.2) is 65.1 Å². The van der Waals surface area contributed by atoms with Crippen LogP contribution in [0.2, 0.25) is 5.02 Å². The van der Waals surface area contributed by atoms with Crippen molar-refractivity contribution < 1.29 is 4.74 Å². The Balaban J connectivity index is 1.73. The smallest absolute Gasteiger partial charge is 0.124 e.